The highest BCUT2D eigenvalue weighted by Crippen LogP contribution is 2.41. The Morgan fingerprint density at radius 2 is 0.911 bits per heavy atom. The summed E-state index contributed by atoms with van der Waals surface area (Å²) < 4.78 is 6.59. The summed E-state index contributed by atoms with van der Waals surface area (Å²) in [5.74, 6) is 1.85. The van der Waals surface area contributed by atoms with Crippen molar-refractivity contribution in [1.82, 2.24) is 15.0 Å². The molecule has 0 bridgehead atoms. The fraction of sp³-hybridized carbons (Fsp3) is 0. The molecule has 0 radical (unpaired) electrons. The zero-order valence-corrected chi connectivity index (χ0v) is 24.2. The second-order valence-corrected chi connectivity index (χ2v) is 11.3. The lowest BCUT2D eigenvalue weighted by molar-refractivity contribution is 0.669. The van der Waals surface area contributed by atoms with Gasteiger partial charge in [-0.2, -0.15) is 0 Å². The zero-order valence-electron chi connectivity index (χ0n) is 24.2. The Labute approximate surface area is 259 Å². The number of furan rings is 1. The molecule has 4 nitrogen and oxygen atoms in total. The maximum Gasteiger partial charge on any atom is 0.164 e. The normalized spacial score (nSPS) is 11.6. The predicted octanol–water partition coefficient (Wildman–Crippen LogP) is 10.7. The molecule has 2 heterocycles. The number of rotatable bonds is 4. The number of fused-ring (bicyclic) bond motifs is 5. The van der Waals surface area contributed by atoms with Gasteiger partial charge in [0.15, 0.2) is 17.5 Å². The lowest BCUT2D eigenvalue weighted by atomic mass is 9.96. The van der Waals surface area contributed by atoms with Crippen molar-refractivity contribution in [1.29, 1.82) is 0 Å². The summed E-state index contributed by atoms with van der Waals surface area (Å²) in [6, 6.07) is 52.3. The highest BCUT2D eigenvalue weighted by Gasteiger charge is 2.19. The van der Waals surface area contributed by atoms with E-state index in [1.54, 1.807) is 0 Å². The maximum absolute atomic E-state index is 6.59. The van der Waals surface area contributed by atoms with Crippen LogP contribution >= 0.6 is 0 Å². The Morgan fingerprint density at radius 3 is 1.62 bits per heavy atom. The van der Waals surface area contributed by atoms with Gasteiger partial charge in [0.05, 0.1) is 0 Å². The second-order valence-electron chi connectivity index (χ2n) is 11.3. The molecule has 0 fully saturated rings. The third-order valence-electron chi connectivity index (χ3n) is 8.46. The van der Waals surface area contributed by atoms with E-state index in [9.17, 15) is 0 Å². The topological polar surface area (TPSA) is 51.8 Å². The molecular weight excluding hydrogens is 550 g/mol. The van der Waals surface area contributed by atoms with Gasteiger partial charge in [-0.25, -0.2) is 15.0 Å². The molecule has 0 N–H and O–H groups in total. The first-order valence-corrected chi connectivity index (χ1v) is 15.0. The number of hydrogen-bond donors (Lipinski definition) is 0. The van der Waals surface area contributed by atoms with E-state index in [2.05, 4.69) is 115 Å². The van der Waals surface area contributed by atoms with Gasteiger partial charge in [-0.1, -0.05) is 121 Å². The second kappa shape index (κ2) is 10.2. The van der Waals surface area contributed by atoms with E-state index in [0.29, 0.717) is 17.5 Å². The van der Waals surface area contributed by atoms with Gasteiger partial charge in [0, 0.05) is 27.5 Å². The molecule has 0 amide bonds. The average molecular weight is 576 g/mol. The SMILES string of the molecule is c1ccc(-c2nc(-c3ccc4ccccc4c3)nc(-c3cc(-c4ccccc4)c4c(c3)oc3cc5ccccc5cc34)n2)cc1. The van der Waals surface area contributed by atoms with Crippen molar-refractivity contribution in [2.75, 3.05) is 0 Å². The number of hydrogen-bond acceptors (Lipinski definition) is 4. The van der Waals surface area contributed by atoms with E-state index in [0.717, 1.165) is 60.5 Å². The minimum absolute atomic E-state index is 0.594. The first-order chi connectivity index (χ1) is 22.3. The summed E-state index contributed by atoms with van der Waals surface area (Å²) >= 11 is 0. The first kappa shape index (κ1) is 25.4. The van der Waals surface area contributed by atoms with Gasteiger partial charge in [-0.05, 0) is 63.0 Å². The van der Waals surface area contributed by atoms with Crippen LogP contribution in [0.4, 0.5) is 0 Å². The molecule has 9 rings (SSSR count). The summed E-state index contributed by atoms with van der Waals surface area (Å²) in [4.78, 5) is 15.1. The van der Waals surface area contributed by atoms with Crippen molar-refractivity contribution in [2.24, 2.45) is 0 Å². The molecule has 0 unspecified atom stereocenters. The van der Waals surface area contributed by atoms with Crippen molar-refractivity contribution in [3.63, 3.8) is 0 Å². The first-order valence-electron chi connectivity index (χ1n) is 15.0. The molecule has 4 heteroatoms. The van der Waals surface area contributed by atoms with E-state index in [1.165, 1.54) is 10.8 Å². The van der Waals surface area contributed by atoms with E-state index < -0.39 is 0 Å². The van der Waals surface area contributed by atoms with Crippen molar-refractivity contribution in [2.45, 2.75) is 0 Å². The molecule has 7 aromatic carbocycles. The molecule has 0 aliphatic heterocycles. The monoisotopic (exact) mass is 575 g/mol. The number of nitrogens with zero attached hydrogens (tertiary/aromatic N) is 3. The molecule has 0 atom stereocenters. The van der Waals surface area contributed by atoms with Crippen LogP contribution in [0, 0.1) is 0 Å². The van der Waals surface area contributed by atoms with Crippen LogP contribution in [0.15, 0.2) is 156 Å². The Hall–Kier alpha value is -6.13. The lowest BCUT2D eigenvalue weighted by Crippen LogP contribution is -2.00. The summed E-state index contributed by atoms with van der Waals surface area (Å²) in [5.41, 5.74) is 6.57. The lowest BCUT2D eigenvalue weighted by Gasteiger charge is -2.11. The molecule has 2 aromatic heterocycles. The Bertz CT molecular complexity index is 2540. The summed E-state index contributed by atoms with van der Waals surface area (Å²) in [6.45, 7) is 0. The standard InChI is InChI=1S/C41H25N3O/c1-3-12-27(13-4-1)34-23-33(25-37-38(34)35-22-30-17-9-10-18-31(30)24-36(35)45-37)41-43-39(28-14-5-2-6-15-28)42-40(44-41)32-20-19-26-11-7-8-16-29(26)21-32/h1-25H. The molecule has 9 aromatic rings. The number of aromatic nitrogens is 3. The van der Waals surface area contributed by atoms with Crippen LogP contribution < -0.4 is 0 Å². The van der Waals surface area contributed by atoms with Crippen LogP contribution in [-0.2, 0) is 0 Å². The van der Waals surface area contributed by atoms with E-state index in [4.69, 9.17) is 19.4 Å². The van der Waals surface area contributed by atoms with Gasteiger partial charge in [-0.3, -0.25) is 0 Å². The van der Waals surface area contributed by atoms with E-state index in [1.807, 2.05) is 36.4 Å². The molecule has 45 heavy (non-hydrogen) atoms. The Kier molecular flexibility index (Phi) is 5.78. The van der Waals surface area contributed by atoms with Crippen LogP contribution in [-0.4, -0.2) is 15.0 Å². The minimum atomic E-state index is 0.594. The summed E-state index contributed by atoms with van der Waals surface area (Å²) in [5, 5.41) is 6.82. The Morgan fingerprint density at radius 1 is 0.356 bits per heavy atom. The van der Waals surface area contributed by atoms with Gasteiger partial charge in [0.2, 0.25) is 0 Å². The van der Waals surface area contributed by atoms with Crippen LogP contribution in [0.3, 0.4) is 0 Å². The zero-order chi connectivity index (χ0) is 29.7. The van der Waals surface area contributed by atoms with Crippen molar-refractivity contribution in [3.8, 4) is 45.3 Å². The summed E-state index contributed by atoms with van der Waals surface area (Å²) in [7, 11) is 0. The van der Waals surface area contributed by atoms with Crippen LogP contribution in [0.5, 0.6) is 0 Å². The highest BCUT2D eigenvalue weighted by atomic mass is 16.3. The molecular formula is C41H25N3O. The van der Waals surface area contributed by atoms with Crippen molar-refractivity contribution >= 4 is 43.5 Å². The van der Waals surface area contributed by atoms with Gasteiger partial charge in [0.25, 0.3) is 0 Å². The molecule has 210 valence electrons. The quantitative estimate of drug-likeness (QED) is 0.209. The van der Waals surface area contributed by atoms with Crippen LogP contribution in [0.25, 0.3) is 88.8 Å². The third kappa shape index (κ3) is 4.43. The molecule has 0 aliphatic rings. The molecule has 0 saturated carbocycles. The van der Waals surface area contributed by atoms with Crippen LogP contribution in [0.2, 0.25) is 0 Å². The maximum atomic E-state index is 6.59. The van der Waals surface area contributed by atoms with E-state index >= 15 is 0 Å². The van der Waals surface area contributed by atoms with E-state index in [-0.39, 0.29) is 0 Å². The van der Waals surface area contributed by atoms with Gasteiger partial charge >= 0.3 is 0 Å². The van der Waals surface area contributed by atoms with Crippen molar-refractivity contribution < 1.29 is 4.42 Å². The highest BCUT2D eigenvalue weighted by molar-refractivity contribution is 6.16. The van der Waals surface area contributed by atoms with Gasteiger partial charge < -0.3 is 4.42 Å². The summed E-state index contributed by atoms with van der Waals surface area (Å²) in [6.07, 6.45) is 0. The minimum Gasteiger partial charge on any atom is -0.456 e. The Balaban J connectivity index is 1.32. The smallest absolute Gasteiger partial charge is 0.164 e. The fourth-order valence-electron chi connectivity index (χ4n) is 6.24. The fourth-order valence-corrected chi connectivity index (χ4v) is 6.24. The average Bonchev–Trinajstić information content (AvgIpc) is 3.47. The van der Waals surface area contributed by atoms with Gasteiger partial charge in [0.1, 0.15) is 11.2 Å². The number of benzene rings is 7. The predicted molar refractivity (Wildman–Crippen MR) is 184 cm³/mol. The largest absolute Gasteiger partial charge is 0.456 e. The van der Waals surface area contributed by atoms with Crippen molar-refractivity contribution in [3.05, 3.63) is 152 Å². The molecule has 0 saturated heterocycles. The third-order valence-corrected chi connectivity index (χ3v) is 8.46. The molecule has 0 aliphatic carbocycles. The van der Waals surface area contributed by atoms with Crippen LogP contribution in [0.1, 0.15) is 0 Å². The van der Waals surface area contributed by atoms with Gasteiger partial charge in [-0.15, -0.1) is 0 Å². The molecule has 0 spiro atoms.